The Bertz CT molecular complexity index is 504. The van der Waals surface area contributed by atoms with Crippen LogP contribution in [0, 0.1) is 11.7 Å². The lowest BCUT2D eigenvalue weighted by Gasteiger charge is -2.19. The monoisotopic (exact) mass is 252 g/mol. The summed E-state index contributed by atoms with van der Waals surface area (Å²) in [5, 5.41) is 0. The number of carbonyl (C=O) groups excluding carboxylic acids is 2. The molecular weight excluding hydrogens is 239 g/mol. The number of methoxy groups -OCH3 is 1. The van der Waals surface area contributed by atoms with Gasteiger partial charge in [0.1, 0.15) is 0 Å². The van der Waals surface area contributed by atoms with E-state index in [1.165, 1.54) is 24.1 Å². The Hall–Kier alpha value is -2.11. The van der Waals surface area contributed by atoms with E-state index in [9.17, 15) is 14.0 Å². The number of nitrogens with zero attached hydrogens (tertiary/aromatic N) is 1. The van der Waals surface area contributed by atoms with Crippen molar-refractivity contribution in [2.45, 2.75) is 6.42 Å². The number of halogens is 1. The number of rotatable bonds is 3. The minimum Gasteiger partial charge on any atom is -0.492 e. The Morgan fingerprint density at radius 1 is 1.56 bits per heavy atom. The van der Waals surface area contributed by atoms with Gasteiger partial charge in [0, 0.05) is 13.0 Å². The zero-order valence-electron chi connectivity index (χ0n) is 9.85. The summed E-state index contributed by atoms with van der Waals surface area (Å²) in [4.78, 5) is 24.2. The van der Waals surface area contributed by atoms with Gasteiger partial charge in [0.2, 0.25) is 11.8 Å². The van der Waals surface area contributed by atoms with Gasteiger partial charge in [-0.2, -0.15) is 0 Å². The standard InChI is InChI=1S/C12H13FN2O3/c1-18-11-8(13)3-2-4-9(11)15-6-7(12(14)17)5-10(15)16/h2-4,7H,5-6H2,1H3,(H2,14,17). The van der Waals surface area contributed by atoms with E-state index in [1.807, 2.05) is 0 Å². The van der Waals surface area contributed by atoms with Crippen LogP contribution in [0.25, 0.3) is 0 Å². The number of ether oxygens (including phenoxy) is 1. The number of carbonyl (C=O) groups is 2. The molecule has 1 aromatic carbocycles. The lowest BCUT2D eigenvalue weighted by molar-refractivity contribution is -0.123. The fraction of sp³-hybridized carbons (Fsp3) is 0.333. The maximum absolute atomic E-state index is 13.5. The zero-order valence-corrected chi connectivity index (χ0v) is 9.85. The van der Waals surface area contributed by atoms with Gasteiger partial charge in [-0.1, -0.05) is 6.07 Å². The molecule has 0 aliphatic carbocycles. The molecule has 1 saturated heterocycles. The van der Waals surface area contributed by atoms with Gasteiger partial charge >= 0.3 is 0 Å². The molecule has 0 bridgehead atoms. The topological polar surface area (TPSA) is 72.6 Å². The number of anilines is 1. The molecule has 0 aromatic heterocycles. The molecule has 1 heterocycles. The van der Waals surface area contributed by atoms with Crippen LogP contribution in [0.2, 0.25) is 0 Å². The predicted octanol–water partition coefficient (Wildman–Crippen LogP) is 0.672. The van der Waals surface area contributed by atoms with Crippen molar-refractivity contribution in [1.29, 1.82) is 0 Å². The average molecular weight is 252 g/mol. The van der Waals surface area contributed by atoms with Crippen molar-refractivity contribution < 1.29 is 18.7 Å². The van der Waals surface area contributed by atoms with Crippen LogP contribution < -0.4 is 15.4 Å². The molecule has 1 fully saturated rings. The number of amides is 2. The summed E-state index contributed by atoms with van der Waals surface area (Å²) in [6.45, 7) is 0.161. The van der Waals surface area contributed by atoms with Gasteiger partial charge in [-0.15, -0.1) is 0 Å². The lowest BCUT2D eigenvalue weighted by atomic mass is 10.1. The van der Waals surface area contributed by atoms with Crippen LogP contribution >= 0.6 is 0 Å². The zero-order chi connectivity index (χ0) is 13.3. The van der Waals surface area contributed by atoms with Crippen LogP contribution in [0.4, 0.5) is 10.1 Å². The van der Waals surface area contributed by atoms with Gasteiger partial charge in [-0.25, -0.2) is 4.39 Å². The van der Waals surface area contributed by atoms with Gasteiger partial charge in [0.25, 0.3) is 0 Å². The van der Waals surface area contributed by atoms with Gasteiger partial charge in [-0.05, 0) is 12.1 Å². The molecular formula is C12H13FN2O3. The third kappa shape index (κ3) is 2.01. The number of nitrogens with two attached hydrogens (primary N) is 1. The summed E-state index contributed by atoms with van der Waals surface area (Å²) in [7, 11) is 1.33. The first-order chi connectivity index (χ1) is 8.54. The lowest BCUT2D eigenvalue weighted by Crippen LogP contribution is -2.28. The first-order valence-electron chi connectivity index (χ1n) is 5.46. The summed E-state index contributed by atoms with van der Waals surface area (Å²) in [6, 6.07) is 4.30. The highest BCUT2D eigenvalue weighted by atomic mass is 19.1. The van der Waals surface area contributed by atoms with Gasteiger partial charge in [0.05, 0.1) is 18.7 Å². The second-order valence-electron chi connectivity index (χ2n) is 4.10. The van der Waals surface area contributed by atoms with Crippen molar-refractivity contribution in [3.63, 3.8) is 0 Å². The van der Waals surface area contributed by atoms with Gasteiger partial charge < -0.3 is 15.4 Å². The van der Waals surface area contributed by atoms with Crippen molar-refractivity contribution >= 4 is 17.5 Å². The highest BCUT2D eigenvalue weighted by Crippen LogP contribution is 2.34. The number of para-hydroxylation sites is 1. The summed E-state index contributed by atoms with van der Waals surface area (Å²) in [5.74, 6) is -1.88. The smallest absolute Gasteiger partial charge is 0.227 e. The third-order valence-electron chi connectivity index (χ3n) is 2.97. The minimum atomic E-state index is -0.551. The Morgan fingerprint density at radius 2 is 2.28 bits per heavy atom. The van der Waals surface area contributed by atoms with E-state index in [-0.39, 0.29) is 24.6 Å². The van der Waals surface area contributed by atoms with Crippen LogP contribution in [0.15, 0.2) is 18.2 Å². The van der Waals surface area contributed by atoms with E-state index in [4.69, 9.17) is 10.5 Å². The second kappa shape index (κ2) is 4.64. The first-order valence-corrected chi connectivity index (χ1v) is 5.46. The highest BCUT2D eigenvalue weighted by molar-refractivity contribution is 6.01. The van der Waals surface area contributed by atoms with E-state index in [0.29, 0.717) is 5.69 Å². The molecule has 0 spiro atoms. The molecule has 2 N–H and O–H groups in total. The molecule has 1 aliphatic heterocycles. The van der Waals surface area contributed by atoms with Crippen LogP contribution in [-0.2, 0) is 9.59 Å². The molecule has 5 nitrogen and oxygen atoms in total. The number of hydrogen-bond donors (Lipinski definition) is 1. The molecule has 1 atom stereocenters. The molecule has 1 aromatic rings. The van der Waals surface area contributed by atoms with Crippen LogP contribution in [-0.4, -0.2) is 25.5 Å². The Morgan fingerprint density at radius 3 is 2.83 bits per heavy atom. The maximum atomic E-state index is 13.5. The molecule has 2 amide bonds. The van der Waals surface area contributed by atoms with Crippen molar-refractivity contribution in [2.24, 2.45) is 11.7 Å². The molecule has 0 saturated carbocycles. The van der Waals surface area contributed by atoms with E-state index in [1.54, 1.807) is 6.07 Å². The molecule has 1 unspecified atom stereocenters. The summed E-state index contributed by atoms with van der Waals surface area (Å²) >= 11 is 0. The molecule has 1 aliphatic rings. The first kappa shape index (κ1) is 12.3. The Kier molecular flexibility index (Phi) is 3.18. The quantitative estimate of drug-likeness (QED) is 0.859. The molecule has 18 heavy (non-hydrogen) atoms. The molecule has 96 valence electrons. The number of primary amides is 1. The normalized spacial score (nSPS) is 19.1. The van der Waals surface area contributed by atoms with Crippen molar-refractivity contribution in [1.82, 2.24) is 0 Å². The fourth-order valence-electron chi connectivity index (χ4n) is 2.04. The number of hydrogen-bond acceptors (Lipinski definition) is 3. The fourth-order valence-corrected chi connectivity index (χ4v) is 2.04. The predicted molar refractivity (Wildman–Crippen MR) is 62.6 cm³/mol. The summed E-state index contributed by atoms with van der Waals surface area (Å²) in [5.41, 5.74) is 5.50. The van der Waals surface area contributed by atoms with Gasteiger partial charge in [-0.3, -0.25) is 9.59 Å². The molecule has 0 radical (unpaired) electrons. The van der Waals surface area contributed by atoms with Crippen molar-refractivity contribution in [3.8, 4) is 5.75 Å². The molecule has 2 rings (SSSR count). The minimum absolute atomic E-state index is 0.00373. The highest BCUT2D eigenvalue weighted by Gasteiger charge is 2.35. The van der Waals surface area contributed by atoms with E-state index >= 15 is 0 Å². The van der Waals surface area contributed by atoms with Crippen LogP contribution in [0.3, 0.4) is 0 Å². The Labute approximate surface area is 103 Å². The SMILES string of the molecule is COc1c(F)cccc1N1CC(C(N)=O)CC1=O. The maximum Gasteiger partial charge on any atom is 0.227 e. The van der Waals surface area contributed by atoms with Crippen LogP contribution in [0.5, 0.6) is 5.75 Å². The number of benzene rings is 1. The second-order valence-corrected chi connectivity index (χ2v) is 4.10. The van der Waals surface area contributed by atoms with E-state index in [0.717, 1.165) is 0 Å². The van der Waals surface area contributed by atoms with Gasteiger partial charge in [0.15, 0.2) is 11.6 Å². The average Bonchev–Trinajstić information content (AvgIpc) is 2.71. The van der Waals surface area contributed by atoms with E-state index in [2.05, 4.69) is 0 Å². The summed E-state index contributed by atoms with van der Waals surface area (Å²) < 4.78 is 18.5. The van der Waals surface area contributed by atoms with Crippen molar-refractivity contribution in [3.05, 3.63) is 24.0 Å². The van der Waals surface area contributed by atoms with E-state index < -0.39 is 17.6 Å². The van der Waals surface area contributed by atoms with Crippen LogP contribution in [0.1, 0.15) is 6.42 Å². The third-order valence-corrected chi connectivity index (χ3v) is 2.97. The summed E-state index contributed by atoms with van der Waals surface area (Å²) in [6.07, 6.45) is 0.0506. The largest absolute Gasteiger partial charge is 0.492 e. The Balaban J connectivity index is 2.35. The molecule has 6 heteroatoms. The van der Waals surface area contributed by atoms with Crippen molar-refractivity contribution in [2.75, 3.05) is 18.6 Å².